The molecule has 2 bridgehead atoms. The summed E-state index contributed by atoms with van der Waals surface area (Å²) >= 11 is 0. The quantitative estimate of drug-likeness (QED) is 0.368. The molecule has 2 unspecified atom stereocenters. The molecule has 3 saturated heterocycles. The number of carbonyl (C=O) groups is 3. The van der Waals surface area contributed by atoms with E-state index in [1.54, 1.807) is 22.0 Å². The van der Waals surface area contributed by atoms with E-state index in [1.165, 1.54) is 4.90 Å². The van der Waals surface area contributed by atoms with Crippen LogP contribution in [0, 0.1) is 11.8 Å². The average Bonchev–Trinajstić information content (AvgIpc) is 3.54. The highest BCUT2D eigenvalue weighted by Crippen LogP contribution is 2.64. The largest absolute Gasteiger partial charge is 0.395 e. The molecule has 3 amide bonds. The Kier molecular flexibility index (Phi) is 8.96. The standard InChI is InChI=1S/C31H43N3O5/c1-5-9-19-32(17-6-2)29(38)26-31-16-15-30(8-4,39-31)24(25(31)28(37)34(26)20-21-35)27(36)33(18-7-3)22-23-13-11-10-12-14-23/h6-7,10-14,24-26,35H,2-3,5,8-9,15-22H2,1,4H3/t24-,25-,26?,30+,31?/m0/s1. The molecule has 1 aromatic carbocycles. The number of β-amino-alcohol motifs (C(OH)–C–C–N with tert-alkyl or cyclic N) is 1. The molecule has 1 spiro atoms. The van der Waals surface area contributed by atoms with E-state index in [1.807, 2.05) is 37.3 Å². The van der Waals surface area contributed by atoms with E-state index in [0.29, 0.717) is 45.4 Å². The van der Waals surface area contributed by atoms with Crippen molar-refractivity contribution in [2.45, 2.75) is 69.7 Å². The summed E-state index contributed by atoms with van der Waals surface area (Å²) in [5, 5.41) is 9.89. The fourth-order valence-electron chi connectivity index (χ4n) is 7.08. The topological polar surface area (TPSA) is 90.4 Å². The van der Waals surface area contributed by atoms with E-state index < -0.39 is 29.1 Å². The molecule has 3 fully saturated rings. The van der Waals surface area contributed by atoms with Crippen molar-refractivity contribution in [3.05, 3.63) is 61.2 Å². The van der Waals surface area contributed by atoms with Crippen LogP contribution in [0.5, 0.6) is 0 Å². The first-order chi connectivity index (χ1) is 18.8. The van der Waals surface area contributed by atoms with Crippen LogP contribution in [0.2, 0.25) is 0 Å². The van der Waals surface area contributed by atoms with Crippen molar-refractivity contribution >= 4 is 17.7 Å². The molecule has 39 heavy (non-hydrogen) atoms. The van der Waals surface area contributed by atoms with Crippen molar-refractivity contribution in [1.82, 2.24) is 14.7 Å². The number of nitrogens with zero attached hydrogens (tertiary/aromatic N) is 3. The fourth-order valence-corrected chi connectivity index (χ4v) is 7.08. The molecule has 5 atom stereocenters. The molecule has 4 rings (SSSR count). The van der Waals surface area contributed by atoms with Crippen LogP contribution in [0.4, 0.5) is 0 Å². The second-order valence-corrected chi connectivity index (χ2v) is 11.0. The molecular weight excluding hydrogens is 494 g/mol. The Morgan fingerprint density at radius 1 is 1.10 bits per heavy atom. The summed E-state index contributed by atoms with van der Waals surface area (Å²) in [4.78, 5) is 47.6. The maximum absolute atomic E-state index is 14.4. The molecule has 8 heteroatoms. The van der Waals surface area contributed by atoms with Crippen LogP contribution in [0.3, 0.4) is 0 Å². The predicted octanol–water partition coefficient (Wildman–Crippen LogP) is 3.16. The third kappa shape index (κ3) is 4.93. The minimum absolute atomic E-state index is 0.0208. The molecule has 1 aromatic rings. The molecule has 1 N–H and O–H groups in total. The van der Waals surface area contributed by atoms with Crippen LogP contribution in [-0.2, 0) is 25.7 Å². The van der Waals surface area contributed by atoms with Gasteiger partial charge in [-0.05, 0) is 31.2 Å². The lowest BCUT2D eigenvalue weighted by Gasteiger charge is -2.37. The Morgan fingerprint density at radius 2 is 1.79 bits per heavy atom. The lowest BCUT2D eigenvalue weighted by molar-refractivity contribution is -0.155. The Bertz CT molecular complexity index is 1080. The van der Waals surface area contributed by atoms with Crippen LogP contribution >= 0.6 is 0 Å². The van der Waals surface area contributed by atoms with Gasteiger partial charge in [0.2, 0.25) is 17.7 Å². The third-order valence-corrected chi connectivity index (χ3v) is 8.84. The summed E-state index contributed by atoms with van der Waals surface area (Å²) in [6.07, 6.45) is 6.83. The summed E-state index contributed by atoms with van der Waals surface area (Å²) in [6.45, 7) is 13.1. The number of hydrogen-bond donors (Lipinski definition) is 1. The number of fused-ring (bicyclic) bond motifs is 1. The highest BCUT2D eigenvalue weighted by Gasteiger charge is 2.79. The smallest absolute Gasteiger partial charge is 0.248 e. The zero-order chi connectivity index (χ0) is 28.2. The number of amides is 3. The Balaban J connectivity index is 1.75. The Hall–Kier alpha value is -2.97. The SMILES string of the molecule is C=CCN(CCCC)C(=O)C1N(CCO)C(=O)[C@@H]2[C@@H](C(=O)N(CC=C)Cc3ccccc3)[C@@]3(CC)CCC12O3. The summed E-state index contributed by atoms with van der Waals surface area (Å²) in [7, 11) is 0. The van der Waals surface area contributed by atoms with E-state index >= 15 is 0 Å². The van der Waals surface area contributed by atoms with E-state index in [9.17, 15) is 19.5 Å². The minimum atomic E-state index is -1.10. The normalized spacial score (nSPS) is 28.8. The van der Waals surface area contributed by atoms with Crippen molar-refractivity contribution in [3.63, 3.8) is 0 Å². The summed E-state index contributed by atoms with van der Waals surface area (Å²) in [6, 6.07) is 8.87. The van der Waals surface area contributed by atoms with Gasteiger partial charge in [-0.2, -0.15) is 0 Å². The maximum Gasteiger partial charge on any atom is 0.248 e. The van der Waals surface area contributed by atoms with Gasteiger partial charge in [0.1, 0.15) is 11.6 Å². The van der Waals surface area contributed by atoms with E-state index in [-0.39, 0.29) is 30.9 Å². The van der Waals surface area contributed by atoms with Crippen molar-refractivity contribution < 1.29 is 24.2 Å². The number of aliphatic hydroxyl groups is 1. The van der Waals surface area contributed by atoms with Gasteiger partial charge >= 0.3 is 0 Å². The number of aliphatic hydroxyl groups excluding tert-OH is 1. The first-order valence-electron chi connectivity index (χ1n) is 14.3. The number of benzene rings is 1. The number of rotatable bonds is 14. The van der Waals surface area contributed by atoms with Gasteiger partial charge in [-0.1, -0.05) is 62.8 Å². The van der Waals surface area contributed by atoms with Gasteiger partial charge in [0.25, 0.3) is 0 Å². The van der Waals surface area contributed by atoms with E-state index in [4.69, 9.17) is 4.74 Å². The van der Waals surface area contributed by atoms with Crippen molar-refractivity contribution in [2.75, 3.05) is 32.8 Å². The number of unbranched alkanes of at least 4 members (excludes halogenated alkanes) is 1. The maximum atomic E-state index is 14.4. The van der Waals surface area contributed by atoms with Crippen LogP contribution in [-0.4, -0.2) is 87.6 Å². The zero-order valence-electron chi connectivity index (χ0n) is 23.4. The molecule has 212 valence electrons. The second kappa shape index (κ2) is 12.0. The van der Waals surface area contributed by atoms with Crippen LogP contribution in [0.25, 0.3) is 0 Å². The van der Waals surface area contributed by atoms with Gasteiger partial charge in [-0.25, -0.2) is 0 Å². The summed E-state index contributed by atoms with van der Waals surface area (Å²) < 4.78 is 6.86. The zero-order valence-corrected chi connectivity index (χ0v) is 23.4. The Labute approximate surface area is 232 Å². The first-order valence-corrected chi connectivity index (χ1v) is 14.3. The fraction of sp³-hybridized carbons (Fsp3) is 0.581. The second-order valence-electron chi connectivity index (χ2n) is 11.0. The average molecular weight is 538 g/mol. The van der Waals surface area contributed by atoms with Gasteiger partial charge in [-0.15, -0.1) is 13.2 Å². The van der Waals surface area contributed by atoms with Gasteiger partial charge < -0.3 is 24.5 Å². The van der Waals surface area contributed by atoms with Gasteiger partial charge in [-0.3, -0.25) is 14.4 Å². The van der Waals surface area contributed by atoms with Crippen LogP contribution < -0.4 is 0 Å². The third-order valence-electron chi connectivity index (χ3n) is 8.84. The molecule has 0 saturated carbocycles. The summed E-state index contributed by atoms with van der Waals surface area (Å²) in [5.41, 5.74) is -0.928. The number of carbonyl (C=O) groups excluding carboxylic acids is 3. The monoisotopic (exact) mass is 537 g/mol. The molecule has 3 heterocycles. The number of hydrogen-bond acceptors (Lipinski definition) is 5. The highest BCUT2D eigenvalue weighted by molar-refractivity contribution is 5.99. The predicted molar refractivity (Wildman–Crippen MR) is 149 cm³/mol. The van der Waals surface area contributed by atoms with Gasteiger partial charge in [0.15, 0.2) is 0 Å². The van der Waals surface area contributed by atoms with E-state index in [2.05, 4.69) is 20.1 Å². The van der Waals surface area contributed by atoms with Crippen molar-refractivity contribution in [1.29, 1.82) is 0 Å². The lowest BCUT2D eigenvalue weighted by Crippen LogP contribution is -2.56. The molecule has 3 aliphatic heterocycles. The number of ether oxygens (including phenoxy) is 1. The van der Waals surface area contributed by atoms with Crippen molar-refractivity contribution in [3.8, 4) is 0 Å². The first kappa shape index (κ1) is 29.0. The molecule has 3 aliphatic rings. The van der Waals surface area contributed by atoms with Gasteiger partial charge in [0, 0.05) is 32.7 Å². The summed E-state index contributed by atoms with van der Waals surface area (Å²) in [5.74, 6) is -2.11. The van der Waals surface area contributed by atoms with Crippen LogP contribution in [0.1, 0.15) is 51.5 Å². The molecule has 0 aromatic heterocycles. The minimum Gasteiger partial charge on any atom is -0.395 e. The van der Waals surface area contributed by atoms with Crippen molar-refractivity contribution in [2.24, 2.45) is 11.8 Å². The highest BCUT2D eigenvalue weighted by atomic mass is 16.5. The molecule has 0 aliphatic carbocycles. The lowest BCUT2D eigenvalue weighted by atomic mass is 9.64. The molecule has 8 nitrogen and oxygen atoms in total. The molecular formula is C31H43N3O5. The number of likely N-dealkylation sites (tertiary alicyclic amines) is 1. The molecule has 0 radical (unpaired) electrons. The Morgan fingerprint density at radius 3 is 2.41 bits per heavy atom. The van der Waals surface area contributed by atoms with E-state index in [0.717, 1.165) is 18.4 Å². The van der Waals surface area contributed by atoms with Crippen LogP contribution in [0.15, 0.2) is 55.6 Å². The van der Waals surface area contributed by atoms with Gasteiger partial charge in [0.05, 0.1) is 24.0 Å².